The van der Waals surface area contributed by atoms with Crippen LogP contribution in [0.4, 0.5) is 5.69 Å². The molecule has 0 aliphatic heterocycles. The molecule has 0 bridgehead atoms. The summed E-state index contributed by atoms with van der Waals surface area (Å²) in [6.45, 7) is 5.02. The minimum Gasteiger partial charge on any atom is -0.461 e. The fourth-order valence-corrected chi connectivity index (χ4v) is 3.11. The lowest BCUT2D eigenvalue weighted by molar-refractivity contribution is 0.551. The number of halogens is 1. The molecule has 0 radical (unpaired) electrons. The van der Waals surface area contributed by atoms with Crippen LogP contribution < -0.4 is 5.32 Å². The van der Waals surface area contributed by atoms with Gasteiger partial charge in [-0.1, -0.05) is 41.1 Å². The Hall–Kier alpha value is -1.74. The molecule has 3 aromatic rings. The van der Waals surface area contributed by atoms with Gasteiger partial charge < -0.3 is 9.73 Å². The number of fused-ring (bicyclic) bond motifs is 1. The van der Waals surface area contributed by atoms with Crippen molar-refractivity contribution in [1.82, 2.24) is 0 Å². The van der Waals surface area contributed by atoms with Crippen molar-refractivity contribution in [2.45, 2.75) is 26.8 Å². The Kier molecular flexibility index (Phi) is 4.02. The summed E-state index contributed by atoms with van der Waals surface area (Å²) in [5.41, 5.74) is 4.62. The van der Waals surface area contributed by atoms with Gasteiger partial charge in [0.05, 0.1) is 0 Å². The largest absolute Gasteiger partial charge is 0.461 e. The highest BCUT2D eigenvalue weighted by Gasteiger charge is 2.12. The van der Waals surface area contributed by atoms with E-state index in [4.69, 9.17) is 4.42 Å². The summed E-state index contributed by atoms with van der Waals surface area (Å²) in [6, 6.07) is 14.5. The molecule has 0 aliphatic carbocycles. The van der Waals surface area contributed by atoms with Gasteiger partial charge in [-0.2, -0.15) is 0 Å². The van der Waals surface area contributed by atoms with Gasteiger partial charge in [-0.3, -0.25) is 0 Å². The molecule has 3 rings (SSSR count). The number of benzene rings is 2. The van der Waals surface area contributed by atoms with E-state index in [0.29, 0.717) is 0 Å². The molecular weight excluding hydrogens is 326 g/mol. The van der Waals surface area contributed by atoms with Crippen molar-refractivity contribution in [2.75, 3.05) is 5.32 Å². The van der Waals surface area contributed by atoms with Crippen LogP contribution in [0.15, 0.2) is 51.4 Å². The molecule has 1 N–H and O–H groups in total. The summed E-state index contributed by atoms with van der Waals surface area (Å²) in [5, 5.41) is 4.73. The highest BCUT2D eigenvalue weighted by Crippen LogP contribution is 2.28. The van der Waals surface area contributed by atoms with Gasteiger partial charge >= 0.3 is 0 Å². The topological polar surface area (TPSA) is 25.2 Å². The first-order chi connectivity index (χ1) is 10.2. The fraction of sp³-hybridized carbons (Fsp3) is 0.222. The quantitative estimate of drug-likeness (QED) is 0.659. The Labute approximate surface area is 133 Å². The number of para-hydroxylation sites is 1. The molecule has 0 saturated carbocycles. The monoisotopic (exact) mass is 343 g/mol. The lowest BCUT2D eigenvalue weighted by atomic mass is 10.1. The van der Waals surface area contributed by atoms with E-state index in [1.165, 1.54) is 16.5 Å². The fourth-order valence-electron chi connectivity index (χ4n) is 2.64. The zero-order valence-electron chi connectivity index (χ0n) is 12.2. The van der Waals surface area contributed by atoms with Crippen LogP contribution in [0.2, 0.25) is 0 Å². The van der Waals surface area contributed by atoms with E-state index in [1.807, 2.05) is 12.1 Å². The second-order valence-electron chi connectivity index (χ2n) is 5.17. The van der Waals surface area contributed by atoms with Crippen LogP contribution in [-0.4, -0.2) is 0 Å². The van der Waals surface area contributed by atoms with Crippen molar-refractivity contribution in [2.24, 2.45) is 0 Å². The highest BCUT2D eigenvalue weighted by atomic mass is 79.9. The van der Waals surface area contributed by atoms with Gasteiger partial charge in [-0.25, -0.2) is 0 Å². The predicted molar refractivity (Wildman–Crippen MR) is 91.8 cm³/mol. The molecule has 2 nitrogen and oxygen atoms in total. The smallest absolute Gasteiger partial charge is 0.134 e. The van der Waals surface area contributed by atoms with Crippen LogP contribution >= 0.6 is 15.9 Å². The van der Waals surface area contributed by atoms with E-state index in [-0.39, 0.29) is 0 Å². The maximum atomic E-state index is 5.94. The second-order valence-corrected chi connectivity index (χ2v) is 6.08. The number of furan rings is 1. The number of hydrogen-bond donors (Lipinski definition) is 1. The molecule has 0 saturated heterocycles. The zero-order valence-corrected chi connectivity index (χ0v) is 13.8. The van der Waals surface area contributed by atoms with E-state index in [0.717, 1.165) is 34.5 Å². The van der Waals surface area contributed by atoms with Crippen molar-refractivity contribution < 1.29 is 4.42 Å². The van der Waals surface area contributed by atoms with Gasteiger partial charge in [0.25, 0.3) is 0 Å². The van der Waals surface area contributed by atoms with Crippen molar-refractivity contribution in [3.63, 3.8) is 0 Å². The maximum Gasteiger partial charge on any atom is 0.134 e. The molecule has 3 heteroatoms. The molecule has 0 amide bonds. The van der Waals surface area contributed by atoms with Crippen LogP contribution in [0.5, 0.6) is 0 Å². The van der Waals surface area contributed by atoms with Crippen LogP contribution in [0.1, 0.15) is 23.8 Å². The van der Waals surface area contributed by atoms with Crippen LogP contribution in [0.3, 0.4) is 0 Å². The van der Waals surface area contributed by atoms with Gasteiger partial charge in [0, 0.05) is 34.1 Å². The summed E-state index contributed by atoms with van der Waals surface area (Å²) < 4.78 is 7.04. The highest BCUT2D eigenvalue weighted by molar-refractivity contribution is 9.10. The average molecular weight is 344 g/mol. The van der Waals surface area contributed by atoms with Gasteiger partial charge in [0.15, 0.2) is 0 Å². The van der Waals surface area contributed by atoms with Crippen molar-refractivity contribution in [3.05, 3.63) is 63.8 Å². The Morgan fingerprint density at radius 3 is 2.71 bits per heavy atom. The molecule has 108 valence electrons. The van der Waals surface area contributed by atoms with E-state index < -0.39 is 0 Å². The Balaban J connectivity index is 1.91. The molecule has 21 heavy (non-hydrogen) atoms. The summed E-state index contributed by atoms with van der Waals surface area (Å²) >= 11 is 3.50. The normalized spacial score (nSPS) is 11.0. The maximum absolute atomic E-state index is 5.94. The summed E-state index contributed by atoms with van der Waals surface area (Å²) in [7, 11) is 0. The molecule has 0 fully saturated rings. The van der Waals surface area contributed by atoms with Crippen molar-refractivity contribution >= 4 is 32.6 Å². The van der Waals surface area contributed by atoms with Crippen LogP contribution in [0.25, 0.3) is 11.0 Å². The lowest BCUT2D eigenvalue weighted by Gasteiger charge is -2.10. The van der Waals surface area contributed by atoms with Crippen LogP contribution in [-0.2, 0) is 13.0 Å². The van der Waals surface area contributed by atoms with Gasteiger partial charge in [-0.05, 0) is 36.8 Å². The first-order valence-electron chi connectivity index (χ1n) is 7.18. The minimum absolute atomic E-state index is 0.780. The summed E-state index contributed by atoms with van der Waals surface area (Å²) in [6.07, 6.45) is 0.908. The Morgan fingerprint density at radius 1 is 1.14 bits per heavy atom. The second kappa shape index (κ2) is 5.94. The molecule has 1 aromatic heterocycles. The van der Waals surface area contributed by atoms with Gasteiger partial charge in [-0.15, -0.1) is 0 Å². The molecule has 2 aromatic carbocycles. The molecule has 0 aliphatic rings. The van der Waals surface area contributed by atoms with Gasteiger partial charge in [0.2, 0.25) is 0 Å². The summed E-state index contributed by atoms with van der Waals surface area (Å²) in [4.78, 5) is 0. The number of rotatable bonds is 4. The zero-order chi connectivity index (χ0) is 14.8. The minimum atomic E-state index is 0.780. The van der Waals surface area contributed by atoms with E-state index in [9.17, 15) is 0 Å². The molecule has 1 heterocycles. The Bertz CT molecular complexity index is 776. The van der Waals surface area contributed by atoms with E-state index in [2.05, 4.69) is 65.4 Å². The van der Waals surface area contributed by atoms with E-state index >= 15 is 0 Å². The standard InChI is InChI=1S/C18H18BrNO/c1-3-17-15(14-6-4-5-7-18(14)21-17)11-20-16-9-8-13(19)10-12(16)2/h4-10,20H,3,11H2,1-2H3. The third-order valence-electron chi connectivity index (χ3n) is 3.75. The first kappa shape index (κ1) is 14.2. The third kappa shape index (κ3) is 2.84. The molecule has 0 unspecified atom stereocenters. The molecule has 0 spiro atoms. The number of nitrogens with one attached hydrogen (secondary N) is 1. The lowest BCUT2D eigenvalue weighted by Crippen LogP contribution is -2.02. The SMILES string of the molecule is CCc1oc2ccccc2c1CNc1ccc(Br)cc1C. The van der Waals surface area contributed by atoms with E-state index in [1.54, 1.807) is 0 Å². The third-order valence-corrected chi connectivity index (χ3v) is 4.24. The van der Waals surface area contributed by atoms with Crippen molar-refractivity contribution in [3.8, 4) is 0 Å². The average Bonchev–Trinajstić information content (AvgIpc) is 2.84. The number of anilines is 1. The molecule has 0 atom stereocenters. The Morgan fingerprint density at radius 2 is 1.95 bits per heavy atom. The molecular formula is C18H18BrNO. The van der Waals surface area contributed by atoms with Gasteiger partial charge in [0.1, 0.15) is 11.3 Å². The number of aryl methyl sites for hydroxylation is 2. The summed E-state index contributed by atoms with van der Waals surface area (Å²) in [5.74, 6) is 1.07. The van der Waals surface area contributed by atoms with Crippen LogP contribution in [0, 0.1) is 6.92 Å². The van der Waals surface area contributed by atoms with Crippen molar-refractivity contribution in [1.29, 1.82) is 0 Å². The predicted octanol–water partition coefficient (Wildman–Crippen LogP) is 5.68. The number of hydrogen-bond acceptors (Lipinski definition) is 2. The first-order valence-corrected chi connectivity index (χ1v) is 7.97.